The predicted octanol–water partition coefficient (Wildman–Crippen LogP) is 4.85. The molecule has 36 heavy (non-hydrogen) atoms. The van der Waals surface area contributed by atoms with E-state index in [0.29, 0.717) is 40.1 Å². The molecule has 7 nitrogen and oxygen atoms in total. The monoisotopic (exact) mass is 484 g/mol. The summed E-state index contributed by atoms with van der Waals surface area (Å²) < 4.78 is 18.0. The van der Waals surface area contributed by atoms with Crippen LogP contribution in [0.1, 0.15) is 43.5 Å². The fourth-order valence-corrected chi connectivity index (χ4v) is 5.27. The Bertz CT molecular complexity index is 1560. The number of anilines is 2. The van der Waals surface area contributed by atoms with Crippen molar-refractivity contribution in [3.8, 4) is 5.69 Å². The second kappa shape index (κ2) is 8.13. The van der Waals surface area contributed by atoms with Crippen molar-refractivity contribution in [2.75, 3.05) is 11.9 Å². The smallest absolute Gasteiger partial charge is 0.276 e. The minimum Gasteiger partial charge on any atom is -0.340 e. The number of nitrogens with one attached hydrogen (secondary N) is 2. The van der Waals surface area contributed by atoms with Gasteiger partial charge in [-0.05, 0) is 62.1 Å². The molecule has 0 amide bonds. The fourth-order valence-electron chi connectivity index (χ4n) is 5.27. The molecule has 4 aromatic rings. The molecular formula is C28H29FN6O. The fraction of sp³-hybridized carbons (Fsp3) is 0.321. The summed E-state index contributed by atoms with van der Waals surface area (Å²) in [5.74, 6) is 0.622. The first-order valence-corrected chi connectivity index (χ1v) is 12.3. The average Bonchev–Trinajstić information content (AvgIpc) is 3.57. The van der Waals surface area contributed by atoms with Crippen LogP contribution in [0.2, 0.25) is 0 Å². The van der Waals surface area contributed by atoms with E-state index < -0.39 is 5.67 Å². The number of rotatable bonds is 6. The summed E-state index contributed by atoms with van der Waals surface area (Å²) in [7, 11) is 0. The second-order valence-corrected chi connectivity index (χ2v) is 10.3. The molecule has 1 saturated carbocycles. The number of pyridine rings is 2. The third kappa shape index (κ3) is 3.73. The number of hydrogen-bond acceptors (Lipinski definition) is 5. The maximum Gasteiger partial charge on any atom is 0.276 e. The summed E-state index contributed by atoms with van der Waals surface area (Å²) in [5, 5.41) is 7.44. The van der Waals surface area contributed by atoms with Crippen LogP contribution in [0.5, 0.6) is 0 Å². The van der Waals surface area contributed by atoms with Crippen LogP contribution in [-0.4, -0.2) is 25.9 Å². The molecule has 1 aromatic carbocycles. The quantitative estimate of drug-likeness (QED) is 0.383. The van der Waals surface area contributed by atoms with Gasteiger partial charge in [-0.1, -0.05) is 12.1 Å². The summed E-state index contributed by atoms with van der Waals surface area (Å²) >= 11 is 0. The Hall–Kier alpha value is -3.78. The van der Waals surface area contributed by atoms with Gasteiger partial charge >= 0.3 is 0 Å². The molecular weight excluding hydrogens is 455 g/mol. The third-order valence-electron chi connectivity index (χ3n) is 7.30. The van der Waals surface area contributed by atoms with Gasteiger partial charge in [-0.15, -0.1) is 6.58 Å². The minimum absolute atomic E-state index is 0.184. The van der Waals surface area contributed by atoms with E-state index in [-0.39, 0.29) is 5.56 Å². The zero-order valence-corrected chi connectivity index (χ0v) is 20.5. The molecule has 1 aliphatic carbocycles. The largest absolute Gasteiger partial charge is 0.340 e. The number of hydrogen-bond donors (Lipinski definition) is 2. The molecule has 1 fully saturated rings. The number of aromatic nitrogens is 4. The summed E-state index contributed by atoms with van der Waals surface area (Å²) in [4.78, 5) is 22.0. The third-order valence-corrected chi connectivity index (χ3v) is 7.30. The Morgan fingerprint density at radius 3 is 2.81 bits per heavy atom. The molecule has 4 heterocycles. The molecule has 184 valence electrons. The molecule has 1 spiro atoms. The number of nitrogens with zero attached hydrogens (tertiary/aromatic N) is 4. The minimum atomic E-state index is -1.61. The number of halogens is 1. The second-order valence-electron chi connectivity index (χ2n) is 10.3. The van der Waals surface area contributed by atoms with Gasteiger partial charge in [0.25, 0.3) is 5.56 Å². The molecule has 3 aromatic heterocycles. The highest BCUT2D eigenvalue weighted by molar-refractivity contribution is 5.83. The van der Waals surface area contributed by atoms with Crippen LogP contribution in [0.15, 0.2) is 66.2 Å². The van der Waals surface area contributed by atoms with Crippen LogP contribution in [0.25, 0.3) is 16.6 Å². The van der Waals surface area contributed by atoms with Crippen molar-refractivity contribution < 1.29 is 4.39 Å². The highest BCUT2D eigenvalue weighted by Gasteiger charge is 2.46. The van der Waals surface area contributed by atoms with Crippen molar-refractivity contribution >= 4 is 22.4 Å². The van der Waals surface area contributed by atoms with Crippen molar-refractivity contribution in [3.05, 3.63) is 88.6 Å². The molecule has 2 aliphatic rings. The number of alkyl halides is 1. The molecule has 0 saturated heterocycles. The molecule has 0 unspecified atom stereocenters. The number of allylic oxidation sites excluding steroid dienone is 1. The SMILES string of the molecule is C=CCn1c(=O)c2cnc(Nc3ccc4c(c3)CNCC43CC3)cc2n1-c1ccnc(C(C)(C)F)c1. The van der Waals surface area contributed by atoms with E-state index in [2.05, 4.69) is 45.4 Å². The van der Waals surface area contributed by atoms with Gasteiger partial charge in [0.2, 0.25) is 0 Å². The standard InChI is InChI=1S/C28H29FN6O/c1-4-11-34-26(36)21-16-32-25(14-23(21)35(34)20-7-10-31-24(13-20)27(2,3)29)33-19-5-6-22-18(12-19)15-30-17-28(22)8-9-28/h4-7,10,12-14,16,30H,1,8-9,11,15,17H2,2-3H3,(H,32,33). The Balaban J connectivity index is 1.43. The lowest BCUT2D eigenvalue weighted by atomic mass is 9.88. The first-order valence-electron chi connectivity index (χ1n) is 12.3. The van der Waals surface area contributed by atoms with E-state index in [1.54, 1.807) is 40.0 Å². The Morgan fingerprint density at radius 2 is 2.06 bits per heavy atom. The van der Waals surface area contributed by atoms with E-state index in [4.69, 9.17) is 0 Å². The maximum absolute atomic E-state index is 14.7. The van der Waals surface area contributed by atoms with Crippen molar-refractivity contribution in [3.63, 3.8) is 0 Å². The van der Waals surface area contributed by atoms with Crippen LogP contribution in [-0.2, 0) is 24.2 Å². The van der Waals surface area contributed by atoms with Gasteiger partial charge in [0.15, 0.2) is 0 Å². The van der Waals surface area contributed by atoms with E-state index >= 15 is 0 Å². The number of fused-ring (bicyclic) bond motifs is 3. The van der Waals surface area contributed by atoms with Gasteiger partial charge in [-0.25, -0.2) is 18.7 Å². The van der Waals surface area contributed by atoms with E-state index in [1.807, 2.05) is 6.07 Å². The van der Waals surface area contributed by atoms with Crippen LogP contribution < -0.4 is 16.2 Å². The first-order chi connectivity index (χ1) is 17.3. The number of benzene rings is 1. The highest BCUT2D eigenvalue weighted by atomic mass is 19.1. The Morgan fingerprint density at radius 1 is 1.22 bits per heavy atom. The Labute approximate surface area is 208 Å². The van der Waals surface area contributed by atoms with Gasteiger partial charge in [-0.2, -0.15) is 0 Å². The molecule has 0 atom stereocenters. The van der Waals surface area contributed by atoms with Crippen molar-refractivity contribution in [2.45, 2.75) is 50.9 Å². The first kappa shape index (κ1) is 22.7. The van der Waals surface area contributed by atoms with Crippen LogP contribution in [0, 0.1) is 0 Å². The van der Waals surface area contributed by atoms with Crippen molar-refractivity contribution in [2.24, 2.45) is 0 Å². The molecule has 8 heteroatoms. The lowest BCUT2D eigenvalue weighted by Gasteiger charge is -2.26. The molecule has 2 N–H and O–H groups in total. The zero-order valence-electron chi connectivity index (χ0n) is 20.5. The van der Waals surface area contributed by atoms with Gasteiger partial charge in [-0.3, -0.25) is 9.78 Å². The summed E-state index contributed by atoms with van der Waals surface area (Å²) in [5.41, 5.74) is 3.86. The Kier molecular flexibility index (Phi) is 5.12. The molecule has 0 radical (unpaired) electrons. The summed E-state index contributed by atoms with van der Waals surface area (Å²) in [6.45, 7) is 8.95. The van der Waals surface area contributed by atoms with Crippen molar-refractivity contribution in [1.82, 2.24) is 24.6 Å². The normalized spacial score (nSPS) is 16.2. The van der Waals surface area contributed by atoms with E-state index in [1.165, 1.54) is 37.8 Å². The van der Waals surface area contributed by atoms with Gasteiger partial charge in [0, 0.05) is 42.7 Å². The topological polar surface area (TPSA) is 76.8 Å². The lowest BCUT2D eigenvalue weighted by molar-refractivity contribution is 0.214. The molecule has 1 aliphatic heterocycles. The summed E-state index contributed by atoms with van der Waals surface area (Å²) in [6, 6.07) is 11.8. The zero-order chi connectivity index (χ0) is 25.1. The lowest BCUT2D eigenvalue weighted by Crippen LogP contribution is -2.33. The predicted molar refractivity (Wildman–Crippen MR) is 140 cm³/mol. The van der Waals surface area contributed by atoms with Gasteiger partial charge in [0.1, 0.15) is 11.5 Å². The van der Waals surface area contributed by atoms with E-state index in [9.17, 15) is 9.18 Å². The molecule has 6 rings (SSSR count). The average molecular weight is 485 g/mol. The van der Waals surface area contributed by atoms with E-state index in [0.717, 1.165) is 18.8 Å². The summed E-state index contributed by atoms with van der Waals surface area (Å²) in [6.07, 6.45) is 7.31. The molecule has 0 bridgehead atoms. The van der Waals surface area contributed by atoms with Gasteiger partial charge < -0.3 is 10.6 Å². The van der Waals surface area contributed by atoms with Crippen LogP contribution in [0.4, 0.5) is 15.9 Å². The maximum atomic E-state index is 14.7. The van der Waals surface area contributed by atoms with Crippen LogP contribution in [0.3, 0.4) is 0 Å². The van der Waals surface area contributed by atoms with Gasteiger partial charge in [0.05, 0.1) is 28.8 Å². The van der Waals surface area contributed by atoms with Crippen LogP contribution >= 0.6 is 0 Å². The highest BCUT2D eigenvalue weighted by Crippen LogP contribution is 2.50. The van der Waals surface area contributed by atoms with Crippen molar-refractivity contribution in [1.29, 1.82) is 0 Å².